The SMILES string of the molecule is CCCOCCCCOCCCCOC(=O)CCCCC(=O)O. The van der Waals surface area contributed by atoms with Crippen LogP contribution in [0.1, 0.15) is 64.7 Å². The van der Waals surface area contributed by atoms with Crippen molar-refractivity contribution < 1.29 is 28.9 Å². The fourth-order valence-corrected chi connectivity index (χ4v) is 1.87. The minimum atomic E-state index is -0.827. The zero-order chi connectivity index (χ0) is 17.2. The molecule has 0 bridgehead atoms. The molecule has 0 saturated carbocycles. The van der Waals surface area contributed by atoms with Gasteiger partial charge in [-0.1, -0.05) is 6.92 Å². The molecule has 0 aliphatic carbocycles. The minimum Gasteiger partial charge on any atom is -0.481 e. The monoisotopic (exact) mass is 332 g/mol. The van der Waals surface area contributed by atoms with Gasteiger partial charge in [-0.05, 0) is 44.9 Å². The molecule has 136 valence electrons. The van der Waals surface area contributed by atoms with Crippen LogP contribution in [0, 0.1) is 0 Å². The summed E-state index contributed by atoms with van der Waals surface area (Å²) < 4.78 is 15.9. The van der Waals surface area contributed by atoms with E-state index in [0.717, 1.165) is 51.9 Å². The van der Waals surface area contributed by atoms with Crippen LogP contribution in [0.25, 0.3) is 0 Å². The summed E-state index contributed by atoms with van der Waals surface area (Å²) in [5.41, 5.74) is 0. The molecule has 0 aromatic rings. The highest BCUT2D eigenvalue weighted by molar-refractivity contribution is 5.69. The van der Waals surface area contributed by atoms with Crippen LogP contribution >= 0.6 is 0 Å². The van der Waals surface area contributed by atoms with E-state index in [2.05, 4.69) is 6.92 Å². The maximum absolute atomic E-state index is 11.4. The van der Waals surface area contributed by atoms with Crippen LogP contribution in [0.4, 0.5) is 0 Å². The second-order valence-electron chi connectivity index (χ2n) is 5.46. The number of ether oxygens (including phenoxy) is 3. The normalized spacial score (nSPS) is 10.7. The van der Waals surface area contributed by atoms with Gasteiger partial charge in [0.1, 0.15) is 0 Å². The molecule has 0 aromatic carbocycles. The maximum atomic E-state index is 11.4. The average molecular weight is 332 g/mol. The Balaban J connectivity index is 3.14. The molecule has 0 amide bonds. The van der Waals surface area contributed by atoms with Crippen molar-refractivity contribution in [2.45, 2.75) is 64.7 Å². The number of carboxylic acid groups (broad SMARTS) is 1. The Hall–Kier alpha value is -1.14. The predicted molar refractivity (Wildman–Crippen MR) is 87.5 cm³/mol. The van der Waals surface area contributed by atoms with Gasteiger partial charge in [-0.3, -0.25) is 9.59 Å². The standard InChI is InChI=1S/C17H32O6/c1-2-11-21-12-5-6-13-22-14-7-8-15-23-17(20)10-4-3-9-16(18)19/h2-15H2,1H3,(H,18,19). The van der Waals surface area contributed by atoms with E-state index < -0.39 is 5.97 Å². The Morgan fingerprint density at radius 1 is 0.739 bits per heavy atom. The predicted octanol–water partition coefficient (Wildman–Crippen LogP) is 3.18. The van der Waals surface area contributed by atoms with Crippen LogP contribution in [0.2, 0.25) is 0 Å². The quantitative estimate of drug-likeness (QED) is 0.325. The van der Waals surface area contributed by atoms with E-state index in [0.29, 0.717) is 32.5 Å². The number of rotatable bonds is 17. The third-order valence-electron chi connectivity index (χ3n) is 3.14. The number of hydrogen-bond donors (Lipinski definition) is 1. The van der Waals surface area contributed by atoms with Gasteiger partial charge >= 0.3 is 11.9 Å². The average Bonchev–Trinajstić information content (AvgIpc) is 2.52. The molecule has 0 aromatic heterocycles. The minimum absolute atomic E-state index is 0.106. The first-order chi connectivity index (χ1) is 11.2. The molecule has 0 aliphatic rings. The second-order valence-corrected chi connectivity index (χ2v) is 5.46. The van der Waals surface area contributed by atoms with E-state index in [1.165, 1.54) is 0 Å². The summed E-state index contributed by atoms with van der Waals surface area (Å²) in [6.45, 7) is 5.58. The van der Waals surface area contributed by atoms with Crippen molar-refractivity contribution in [1.82, 2.24) is 0 Å². The molecule has 0 unspecified atom stereocenters. The van der Waals surface area contributed by atoms with Crippen LogP contribution < -0.4 is 0 Å². The molecule has 0 atom stereocenters. The van der Waals surface area contributed by atoms with Crippen molar-refractivity contribution >= 4 is 11.9 Å². The fourth-order valence-electron chi connectivity index (χ4n) is 1.87. The second kappa shape index (κ2) is 17.2. The molecule has 0 radical (unpaired) electrons. The molecule has 0 saturated heterocycles. The Kier molecular flexibility index (Phi) is 16.4. The van der Waals surface area contributed by atoms with Crippen molar-refractivity contribution in [3.05, 3.63) is 0 Å². The van der Waals surface area contributed by atoms with Crippen molar-refractivity contribution in [2.75, 3.05) is 33.0 Å². The van der Waals surface area contributed by atoms with Crippen LogP contribution in [0.3, 0.4) is 0 Å². The molecule has 0 aliphatic heterocycles. The summed E-state index contributed by atoms with van der Waals surface area (Å²) in [5.74, 6) is -1.07. The maximum Gasteiger partial charge on any atom is 0.305 e. The van der Waals surface area contributed by atoms with Gasteiger partial charge in [0.05, 0.1) is 6.61 Å². The summed E-state index contributed by atoms with van der Waals surface area (Å²) in [5, 5.41) is 8.47. The number of hydrogen-bond acceptors (Lipinski definition) is 5. The van der Waals surface area contributed by atoms with E-state index >= 15 is 0 Å². The zero-order valence-electron chi connectivity index (χ0n) is 14.4. The van der Waals surface area contributed by atoms with Gasteiger partial charge in [0.15, 0.2) is 0 Å². The highest BCUT2D eigenvalue weighted by atomic mass is 16.5. The van der Waals surface area contributed by atoms with E-state index in [-0.39, 0.29) is 12.4 Å². The summed E-state index contributed by atoms with van der Waals surface area (Å²) in [6, 6.07) is 0. The molecule has 0 rings (SSSR count). The van der Waals surface area contributed by atoms with Crippen LogP contribution in [0.5, 0.6) is 0 Å². The molecule has 0 spiro atoms. The molecule has 0 heterocycles. The fraction of sp³-hybridized carbons (Fsp3) is 0.882. The summed E-state index contributed by atoms with van der Waals surface area (Å²) in [4.78, 5) is 21.7. The summed E-state index contributed by atoms with van der Waals surface area (Å²) in [7, 11) is 0. The highest BCUT2D eigenvalue weighted by Gasteiger charge is 2.04. The summed E-state index contributed by atoms with van der Waals surface area (Å²) in [6.07, 6.45) is 6.24. The molecular formula is C17H32O6. The third kappa shape index (κ3) is 18.8. The van der Waals surface area contributed by atoms with E-state index in [9.17, 15) is 9.59 Å². The lowest BCUT2D eigenvalue weighted by molar-refractivity contribution is -0.144. The number of carbonyl (C=O) groups excluding carboxylic acids is 1. The Bertz CT molecular complexity index is 293. The Morgan fingerprint density at radius 2 is 1.26 bits per heavy atom. The van der Waals surface area contributed by atoms with Crippen molar-refractivity contribution in [3.8, 4) is 0 Å². The largest absolute Gasteiger partial charge is 0.481 e. The number of esters is 1. The van der Waals surface area contributed by atoms with Crippen LogP contribution in [-0.4, -0.2) is 50.1 Å². The van der Waals surface area contributed by atoms with Gasteiger partial charge in [0.2, 0.25) is 0 Å². The van der Waals surface area contributed by atoms with Gasteiger partial charge < -0.3 is 19.3 Å². The lowest BCUT2D eigenvalue weighted by atomic mass is 10.2. The Labute approximate surface area is 139 Å². The van der Waals surface area contributed by atoms with Gasteiger partial charge in [0.25, 0.3) is 0 Å². The Morgan fingerprint density at radius 3 is 1.83 bits per heavy atom. The van der Waals surface area contributed by atoms with Crippen molar-refractivity contribution in [1.29, 1.82) is 0 Å². The molecular weight excluding hydrogens is 300 g/mol. The smallest absolute Gasteiger partial charge is 0.305 e. The van der Waals surface area contributed by atoms with E-state index in [4.69, 9.17) is 19.3 Å². The molecule has 23 heavy (non-hydrogen) atoms. The molecule has 6 nitrogen and oxygen atoms in total. The van der Waals surface area contributed by atoms with Gasteiger partial charge in [0, 0.05) is 39.3 Å². The number of carboxylic acids is 1. The first-order valence-corrected chi connectivity index (χ1v) is 8.69. The summed E-state index contributed by atoms with van der Waals surface area (Å²) >= 11 is 0. The van der Waals surface area contributed by atoms with Gasteiger partial charge in [-0.15, -0.1) is 0 Å². The molecule has 1 N–H and O–H groups in total. The third-order valence-corrected chi connectivity index (χ3v) is 3.14. The number of aliphatic carboxylic acids is 1. The zero-order valence-corrected chi connectivity index (χ0v) is 14.4. The van der Waals surface area contributed by atoms with Crippen molar-refractivity contribution in [2.24, 2.45) is 0 Å². The van der Waals surface area contributed by atoms with Gasteiger partial charge in [-0.25, -0.2) is 0 Å². The highest BCUT2D eigenvalue weighted by Crippen LogP contribution is 2.02. The number of unbranched alkanes of at least 4 members (excludes halogenated alkanes) is 3. The van der Waals surface area contributed by atoms with Crippen molar-refractivity contribution in [3.63, 3.8) is 0 Å². The van der Waals surface area contributed by atoms with E-state index in [1.54, 1.807) is 0 Å². The molecule has 6 heteroatoms. The lowest BCUT2D eigenvalue weighted by Crippen LogP contribution is -2.07. The van der Waals surface area contributed by atoms with Gasteiger partial charge in [-0.2, -0.15) is 0 Å². The first-order valence-electron chi connectivity index (χ1n) is 8.69. The first kappa shape index (κ1) is 21.9. The number of carbonyl (C=O) groups is 2. The topological polar surface area (TPSA) is 82.1 Å². The van der Waals surface area contributed by atoms with E-state index in [1.807, 2.05) is 0 Å². The lowest BCUT2D eigenvalue weighted by Gasteiger charge is -2.06. The molecule has 0 fully saturated rings. The van der Waals surface area contributed by atoms with Crippen LogP contribution in [0.15, 0.2) is 0 Å². The van der Waals surface area contributed by atoms with Crippen LogP contribution in [-0.2, 0) is 23.8 Å².